The second-order valence-corrected chi connectivity index (χ2v) is 5.43. The second-order valence-electron chi connectivity index (χ2n) is 5.43. The number of anilines is 1. The van der Waals surface area contributed by atoms with Gasteiger partial charge in [-0.25, -0.2) is 4.79 Å². The number of fused-ring (bicyclic) bond motifs is 1. The van der Waals surface area contributed by atoms with E-state index in [-0.39, 0.29) is 25.6 Å². The van der Waals surface area contributed by atoms with Crippen molar-refractivity contribution in [2.45, 2.75) is 6.92 Å². The van der Waals surface area contributed by atoms with E-state index in [0.717, 1.165) is 5.56 Å². The van der Waals surface area contributed by atoms with E-state index in [1.807, 2.05) is 0 Å². The number of esters is 1. The molecule has 8 heteroatoms. The summed E-state index contributed by atoms with van der Waals surface area (Å²) in [7, 11) is 0. The number of ether oxygens (including phenoxy) is 3. The van der Waals surface area contributed by atoms with Crippen molar-refractivity contribution in [3.8, 4) is 11.5 Å². The summed E-state index contributed by atoms with van der Waals surface area (Å²) >= 11 is 0. The predicted molar refractivity (Wildman–Crippen MR) is 97.1 cm³/mol. The predicted octanol–water partition coefficient (Wildman–Crippen LogP) is 2.58. The summed E-state index contributed by atoms with van der Waals surface area (Å²) in [6.45, 7) is 1.85. The molecular weight excluding hydrogens is 352 g/mol. The van der Waals surface area contributed by atoms with E-state index in [2.05, 4.69) is 10.5 Å². The first kappa shape index (κ1) is 18.2. The van der Waals surface area contributed by atoms with Gasteiger partial charge in [0.2, 0.25) is 6.79 Å². The van der Waals surface area contributed by atoms with Crippen LogP contribution in [0.15, 0.2) is 47.6 Å². The van der Waals surface area contributed by atoms with Gasteiger partial charge in [-0.2, -0.15) is 0 Å². The van der Waals surface area contributed by atoms with Gasteiger partial charge in [0.05, 0.1) is 24.1 Å². The number of benzene rings is 2. The SMILES string of the molecule is CCOC(=O)c1ccccc1NC(=O)CO/N=C/c1ccc2c(c1)OCO2. The van der Waals surface area contributed by atoms with Crippen LogP contribution in [0.25, 0.3) is 0 Å². The molecule has 2 aromatic rings. The number of hydrogen-bond acceptors (Lipinski definition) is 7. The zero-order valence-corrected chi connectivity index (χ0v) is 14.6. The number of para-hydroxylation sites is 1. The van der Waals surface area contributed by atoms with Crippen molar-refractivity contribution in [3.63, 3.8) is 0 Å². The van der Waals surface area contributed by atoms with Crippen LogP contribution in [0.3, 0.4) is 0 Å². The lowest BCUT2D eigenvalue weighted by Gasteiger charge is -2.09. The smallest absolute Gasteiger partial charge is 0.340 e. The van der Waals surface area contributed by atoms with Crippen molar-refractivity contribution in [2.75, 3.05) is 25.3 Å². The quantitative estimate of drug-likeness (QED) is 0.457. The highest BCUT2D eigenvalue weighted by Gasteiger charge is 2.14. The first-order chi connectivity index (χ1) is 13.2. The topological polar surface area (TPSA) is 95.5 Å². The third kappa shape index (κ3) is 4.75. The van der Waals surface area contributed by atoms with Crippen molar-refractivity contribution in [1.82, 2.24) is 0 Å². The molecule has 0 fully saturated rings. The van der Waals surface area contributed by atoms with E-state index in [1.165, 1.54) is 6.21 Å². The molecule has 0 radical (unpaired) electrons. The molecule has 1 N–H and O–H groups in total. The lowest BCUT2D eigenvalue weighted by molar-refractivity contribution is -0.120. The zero-order chi connectivity index (χ0) is 19.1. The Balaban J connectivity index is 1.52. The van der Waals surface area contributed by atoms with Gasteiger partial charge in [0, 0.05) is 5.56 Å². The Labute approximate surface area is 155 Å². The molecule has 140 valence electrons. The van der Waals surface area contributed by atoms with E-state index in [4.69, 9.17) is 19.0 Å². The fourth-order valence-corrected chi connectivity index (χ4v) is 2.35. The van der Waals surface area contributed by atoms with Crippen LogP contribution in [0.5, 0.6) is 11.5 Å². The maximum Gasteiger partial charge on any atom is 0.340 e. The molecule has 0 saturated carbocycles. The molecule has 0 bridgehead atoms. The normalized spacial score (nSPS) is 12.0. The Morgan fingerprint density at radius 1 is 1.19 bits per heavy atom. The summed E-state index contributed by atoms with van der Waals surface area (Å²) in [5.41, 5.74) is 1.37. The monoisotopic (exact) mass is 370 g/mol. The lowest BCUT2D eigenvalue weighted by Crippen LogP contribution is -2.19. The zero-order valence-electron chi connectivity index (χ0n) is 14.6. The summed E-state index contributed by atoms with van der Waals surface area (Å²) in [5, 5.41) is 6.37. The van der Waals surface area contributed by atoms with Crippen LogP contribution in [0.2, 0.25) is 0 Å². The first-order valence-corrected chi connectivity index (χ1v) is 8.28. The fourth-order valence-electron chi connectivity index (χ4n) is 2.35. The van der Waals surface area contributed by atoms with Gasteiger partial charge in [-0.05, 0) is 37.3 Å². The molecule has 0 aromatic heterocycles. The van der Waals surface area contributed by atoms with Crippen molar-refractivity contribution < 1.29 is 28.6 Å². The van der Waals surface area contributed by atoms with E-state index in [1.54, 1.807) is 49.4 Å². The molecular formula is C19H18N2O6. The molecule has 1 heterocycles. The molecule has 0 atom stereocenters. The molecule has 27 heavy (non-hydrogen) atoms. The molecule has 8 nitrogen and oxygen atoms in total. The van der Waals surface area contributed by atoms with Crippen molar-refractivity contribution in [2.24, 2.45) is 5.16 Å². The number of oxime groups is 1. The van der Waals surface area contributed by atoms with Crippen LogP contribution in [-0.2, 0) is 14.4 Å². The van der Waals surface area contributed by atoms with Gasteiger partial charge in [0.25, 0.3) is 5.91 Å². The maximum atomic E-state index is 12.0. The fraction of sp³-hybridized carbons (Fsp3) is 0.211. The van der Waals surface area contributed by atoms with Crippen LogP contribution in [0.4, 0.5) is 5.69 Å². The minimum Gasteiger partial charge on any atom is -0.462 e. The van der Waals surface area contributed by atoms with Gasteiger partial charge >= 0.3 is 5.97 Å². The highest BCUT2D eigenvalue weighted by atomic mass is 16.7. The molecule has 3 rings (SSSR count). The average Bonchev–Trinajstić information content (AvgIpc) is 3.14. The third-order valence-electron chi connectivity index (χ3n) is 3.57. The Morgan fingerprint density at radius 2 is 2.00 bits per heavy atom. The molecule has 2 aromatic carbocycles. The molecule has 1 amide bonds. The molecule has 0 aliphatic carbocycles. The van der Waals surface area contributed by atoms with E-state index >= 15 is 0 Å². The molecule has 1 aliphatic rings. The van der Waals surface area contributed by atoms with E-state index in [9.17, 15) is 9.59 Å². The van der Waals surface area contributed by atoms with Crippen molar-refractivity contribution in [1.29, 1.82) is 0 Å². The summed E-state index contributed by atoms with van der Waals surface area (Å²) in [5.74, 6) is 0.352. The standard InChI is InChI=1S/C19H18N2O6/c1-2-24-19(23)14-5-3-4-6-15(14)21-18(22)11-27-20-10-13-7-8-16-17(9-13)26-12-25-16/h3-10H,2,11-12H2,1H3,(H,21,22)/b20-10+. The number of nitrogens with zero attached hydrogens (tertiary/aromatic N) is 1. The summed E-state index contributed by atoms with van der Waals surface area (Å²) in [4.78, 5) is 28.9. The van der Waals surface area contributed by atoms with E-state index in [0.29, 0.717) is 17.2 Å². The van der Waals surface area contributed by atoms with Gasteiger partial charge in [-0.15, -0.1) is 0 Å². The Kier molecular flexibility index (Phi) is 5.88. The molecule has 0 spiro atoms. The second kappa shape index (κ2) is 8.70. The molecule has 0 unspecified atom stereocenters. The first-order valence-electron chi connectivity index (χ1n) is 8.28. The Hall–Kier alpha value is -3.55. The average molecular weight is 370 g/mol. The summed E-state index contributed by atoms with van der Waals surface area (Å²) < 4.78 is 15.5. The minimum absolute atomic E-state index is 0.194. The van der Waals surface area contributed by atoms with Crippen LogP contribution >= 0.6 is 0 Å². The van der Waals surface area contributed by atoms with Gasteiger partial charge in [0.15, 0.2) is 18.1 Å². The van der Waals surface area contributed by atoms with Crippen LogP contribution < -0.4 is 14.8 Å². The third-order valence-corrected chi connectivity index (χ3v) is 3.57. The highest BCUT2D eigenvalue weighted by Crippen LogP contribution is 2.31. The minimum atomic E-state index is -0.504. The van der Waals surface area contributed by atoms with Gasteiger partial charge in [0.1, 0.15) is 0 Å². The Bertz CT molecular complexity index is 865. The number of hydrogen-bond donors (Lipinski definition) is 1. The van der Waals surface area contributed by atoms with Gasteiger partial charge in [-0.1, -0.05) is 17.3 Å². The maximum absolute atomic E-state index is 12.0. The number of nitrogens with one attached hydrogen (secondary N) is 1. The summed E-state index contributed by atoms with van der Waals surface area (Å²) in [6, 6.07) is 11.9. The van der Waals surface area contributed by atoms with Crippen LogP contribution in [-0.4, -0.2) is 38.1 Å². The lowest BCUT2D eigenvalue weighted by atomic mass is 10.2. The number of amides is 1. The number of carbonyl (C=O) groups is 2. The van der Waals surface area contributed by atoms with Gasteiger partial charge < -0.3 is 24.4 Å². The largest absolute Gasteiger partial charge is 0.462 e. The number of rotatable bonds is 7. The van der Waals surface area contributed by atoms with Gasteiger partial charge in [-0.3, -0.25) is 4.79 Å². The van der Waals surface area contributed by atoms with Crippen molar-refractivity contribution in [3.05, 3.63) is 53.6 Å². The number of carbonyl (C=O) groups excluding carboxylic acids is 2. The summed E-state index contributed by atoms with van der Waals surface area (Å²) in [6.07, 6.45) is 1.46. The van der Waals surface area contributed by atoms with Crippen molar-refractivity contribution >= 4 is 23.8 Å². The van der Waals surface area contributed by atoms with Crippen LogP contribution in [0.1, 0.15) is 22.8 Å². The van der Waals surface area contributed by atoms with Crippen LogP contribution in [0, 0.1) is 0 Å². The molecule has 0 saturated heterocycles. The Morgan fingerprint density at radius 3 is 2.85 bits per heavy atom. The molecule has 1 aliphatic heterocycles. The highest BCUT2D eigenvalue weighted by molar-refractivity contribution is 6.01. The van der Waals surface area contributed by atoms with E-state index < -0.39 is 11.9 Å².